The van der Waals surface area contributed by atoms with Crippen LogP contribution >= 0.6 is 21.6 Å². The Labute approximate surface area is 283 Å². The van der Waals surface area contributed by atoms with Gasteiger partial charge in [-0.2, -0.15) is 0 Å². The van der Waals surface area contributed by atoms with E-state index in [1.54, 1.807) is 36.4 Å². The van der Waals surface area contributed by atoms with Crippen molar-refractivity contribution in [3.05, 3.63) is 59.7 Å². The van der Waals surface area contributed by atoms with Gasteiger partial charge in [-0.1, -0.05) is 113 Å². The quantitative estimate of drug-likeness (QED) is 0.0649. The van der Waals surface area contributed by atoms with Crippen molar-refractivity contribution in [3.8, 4) is 0 Å². The van der Waals surface area contributed by atoms with Crippen LogP contribution in [0.2, 0.25) is 0 Å². The van der Waals surface area contributed by atoms with Crippen LogP contribution in [-0.4, -0.2) is 47.7 Å². The standard InChI is InChI=1S/C24H52N.C14H10O4S2/c1-5-9-13-17-21-25(22-18-14-10-6-2,23-19-15-11-7-3)24-20-16-12-8-4;15-13(16)9-1-5-11(6-2-9)19-20-12-7-3-10(4-8-12)14(17)18/h5-24H2,1-4H3;1-8H,(H,15,16)(H,17,18)/q+1;/p-1. The van der Waals surface area contributed by atoms with E-state index in [0.29, 0.717) is 0 Å². The highest BCUT2D eigenvalue weighted by atomic mass is 33.1. The van der Waals surface area contributed by atoms with E-state index in [2.05, 4.69) is 27.7 Å². The van der Waals surface area contributed by atoms with Gasteiger partial charge in [0.15, 0.2) is 0 Å². The van der Waals surface area contributed by atoms with Crippen LogP contribution in [-0.2, 0) is 0 Å². The molecule has 2 aromatic rings. The lowest BCUT2D eigenvalue weighted by Gasteiger charge is -2.39. The van der Waals surface area contributed by atoms with Gasteiger partial charge in [0.2, 0.25) is 0 Å². The number of hydrogen-bond donors (Lipinski definition) is 1. The Bertz CT molecular complexity index is 916. The zero-order valence-corrected chi connectivity index (χ0v) is 30.3. The third kappa shape index (κ3) is 19.3. The number of carbonyl (C=O) groups excluding carboxylic acids is 1. The van der Waals surface area contributed by atoms with E-state index < -0.39 is 11.9 Å². The van der Waals surface area contributed by atoms with Crippen LogP contribution in [0, 0.1) is 0 Å². The smallest absolute Gasteiger partial charge is 0.335 e. The van der Waals surface area contributed by atoms with Gasteiger partial charge in [0.05, 0.1) is 37.7 Å². The molecule has 0 atom stereocenters. The Hall–Kier alpha value is -1.96. The summed E-state index contributed by atoms with van der Waals surface area (Å²) < 4.78 is 1.46. The molecule has 254 valence electrons. The van der Waals surface area contributed by atoms with E-state index in [1.807, 2.05) is 0 Å². The molecule has 0 saturated carbocycles. The van der Waals surface area contributed by atoms with Crippen molar-refractivity contribution in [2.24, 2.45) is 0 Å². The normalized spacial score (nSPS) is 11.2. The summed E-state index contributed by atoms with van der Waals surface area (Å²) in [6.45, 7) is 15.2. The number of carbonyl (C=O) groups is 2. The molecule has 0 aromatic heterocycles. The van der Waals surface area contributed by atoms with E-state index in [9.17, 15) is 14.7 Å². The molecule has 0 spiro atoms. The number of aromatic carboxylic acids is 2. The van der Waals surface area contributed by atoms with Crippen LogP contribution in [0.25, 0.3) is 0 Å². The highest BCUT2D eigenvalue weighted by molar-refractivity contribution is 8.76. The zero-order chi connectivity index (χ0) is 33.2. The summed E-state index contributed by atoms with van der Waals surface area (Å²) in [5, 5.41) is 19.4. The van der Waals surface area contributed by atoms with E-state index >= 15 is 0 Å². The lowest BCUT2D eigenvalue weighted by molar-refractivity contribution is -0.929. The summed E-state index contributed by atoms with van der Waals surface area (Å²) in [7, 11) is 2.93. The third-order valence-electron chi connectivity index (χ3n) is 8.37. The Balaban J connectivity index is 0.000000459. The Morgan fingerprint density at radius 1 is 0.533 bits per heavy atom. The maximum absolute atomic E-state index is 10.7. The monoisotopic (exact) mass is 659 g/mol. The molecule has 7 heteroatoms. The summed E-state index contributed by atoms with van der Waals surface area (Å²) in [6.07, 6.45) is 22.8. The molecular formula is C38H61NO4S2. The second kappa shape index (κ2) is 26.1. The summed E-state index contributed by atoms with van der Waals surface area (Å²) in [5.41, 5.74) is 0.392. The van der Waals surface area contributed by atoms with Crippen LogP contribution < -0.4 is 5.11 Å². The van der Waals surface area contributed by atoms with Gasteiger partial charge in [-0.25, -0.2) is 4.79 Å². The zero-order valence-electron chi connectivity index (χ0n) is 28.7. The predicted molar refractivity (Wildman–Crippen MR) is 192 cm³/mol. The molecule has 0 unspecified atom stereocenters. The van der Waals surface area contributed by atoms with Crippen molar-refractivity contribution >= 4 is 33.5 Å². The van der Waals surface area contributed by atoms with E-state index in [0.717, 1.165) is 9.79 Å². The fourth-order valence-electron chi connectivity index (χ4n) is 5.56. The second-order valence-corrected chi connectivity index (χ2v) is 14.6. The van der Waals surface area contributed by atoms with Crippen molar-refractivity contribution < 1.29 is 24.3 Å². The molecule has 45 heavy (non-hydrogen) atoms. The molecule has 0 aliphatic carbocycles. The minimum atomic E-state index is -1.20. The van der Waals surface area contributed by atoms with Gasteiger partial charge in [0.1, 0.15) is 0 Å². The average Bonchev–Trinajstić information content (AvgIpc) is 3.05. The molecule has 0 bridgehead atoms. The lowest BCUT2D eigenvalue weighted by Crippen LogP contribution is -2.50. The third-order valence-corrected chi connectivity index (χ3v) is 10.8. The highest BCUT2D eigenvalue weighted by Gasteiger charge is 2.25. The van der Waals surface area contributed by atoms with Crippen molar-refractivity contribution in [3.63, 3.8) is 0 Å². The second-order valence-electron chi connectivity index (χ2n) is 12.3. The summed E-state index contributed by atoms with van der Waals surface area (Å²) in [6, 6.07) is 12.9. The summed E-state index contributed by atoms with van der Waals surface area (Å²) in [5.74, 6) is -2.15. The molecule has 0 amide bonds. The average molecular weight is 660 g/mol. The lowest BCUT2D eigenvalue weighted by atomic mass is 10.1. The molecule has 2 rings (SSSR count). The first-order chi connectivity index (χ1) is 21.8. The molecule has 0 radical (unpaired) electrons. The number of carboxylic acids is 2. The van der Waals surface area contributed by atoms with Gasteiger partial charge >= 0.3 is 5.97 Å². The topological polar surface area (TPSA) is 77.4 Å². The van der Waals surface area contributed by atoms with E-state index in [1.165, 1.54) is 167 Å². The number of unbranched alkanes of at least 4 members (excludes halogenated alkanes) is 12. The number of benzene rings is 2. The molecule has 0 heterocycles. The van der Waals surface area contributed by atoms with Crippen molar-refractivity contribution in [1.82, 2.24) is 0 Å². The van der Waals surface area contributed by atoms with Crippen LogP contribution in [0.4, 0.5) is 0 Å². The van der Waals surface area contributed by atoms with Gasteiger partial charge in [-0.15, -0.1) is 0 Å². The molecule has 0 saturated heterocycles. The van der Waals surface area contributed by atoms with Crippen molar-refractivity contribution in [2.75, 3.05) is 26.2 Å². The fourth-order valence-corrected chi connectivity index (χ4v) is 7.49. The van der Waals surface area contributed by atoms with Crippen LogP contribution in [0.5, 0.6) is 0 Å². The van der Waals surface area contributed by atoms with Crippen molar-refractivity contribution in [2.45, 2.75) is 140 Å². The number of rotatable bonds is 25. The largest absolute Gasteiger partial charge is 0.545 e. The molecule has 0 fully saturated rings. The molecule has 2 aromatic carbocycles. The maximum Gasteiger partial charge on any atom is 0.335 e. The first kappa shape index (κ1) is 41.1. The van der Waals surface area contributed by atoms with Crippen LogP contribution in [0.15, 0.2) is 58.3 Å². The van der Waals surface area contributed by atoms with Crippen LogP contribution in [0.3, 0.4) is 0 Å². The molecule has 5 nitrogen and oxygen atoms in total. The maximum atomic E-state index is 10.7. The Kier molecular flexibility index (Phi) is 23.9. The van der Waals surface area contributed by atoms with Gasteiger partial charge in [-0.05, 0) is 93.3 Å². The number of quaternary nitrogens is 1. The van der Waals surface area contributed by atoms with Gasteiger partial charge in [-0.3, -0.25) is 0 Å². The number of carboxylic acid groups (broad SMARTS) is 2. The number of nitrogens with zero attached hydrogens (tertiary/aromatic N) is 1. The van der Waals surface area contributed by atoms with Gasteiger partial charge in [0, 0.05) is 9.79 Å². The molecular weight excluding hydrogens is 599 g/mol. The first-order valence-electron chi connectivity index (χ1n) is 17.6. The highest BCUT2D eigenvalue weighted by Crippen LogP contribution is 2.37. The first-order valence-corrected chi connectivity index (χ1v) is 19.8. The van der Waals surface area contributed by atoms with Crippen LogP contribution in [0.1, 0.15) is 151 Å². The predicted octanol–water partition coefficient (Wildman–Crippen LogP) is 10.7. The van der Waals surface area contributed by atoms with E-state index in [4.69, 9.17) is 5.11 Å². The molecule has 1 N–H and O–H groups in total. The summed E-state index contributed by atoms with van der Waals surface area (Å²) >= 11 is 0. The minimum absolute atomic E-state index is 0.144. The number of hydrogen-bond acceptors (Lipinski definition) is 5. The minimum Gasteiger partial charge on any atom is -0.545 e. The van der Waals surface area contributed by atoms with Gasteiger partial charge in [0.25, 0.3) is 0 Å². The molecule has 0 aliphatic rings. The Morgan fingerprint density at radius 3 is 1.11 bits per heavy atom. The SMILES string of the molecule is CCCCCC[N+](CCCCCC)(CCCCCC)CCCCCC.O=C([O-])c1ccc(SSc2ccc(C(=O)O)cc2)cc1. The summed E-state index contributed by atoms with van der Waals surface area (Å²) in [4.78, 5) is 23.1. The van der Waals surface area contributed by atoms with E-state index in [-0.39, 0.29) is 11.1 Å². The van der Waals surface area contributed by atoms with Crippen molar-refractivity contribution in [1.29, 1.82) is 0 Å². The molecule has 0 aliphatic heterocycles. The fraction of sp³-hybridized carbons (Fsp3) is 0.632. The van der Waals surface area contributed by atoms with Gasteiger partial charge < -0.3 is 19.5 Å². The Morgan fingerprint density at radius 2 is 0.844 bits per heavy atom.